The van der Waals surface area contributed by atoms with Gasteiger partial charge in [0.15, 0.2) is 0 Å². The third-order valence-electron chi connectivity index (χ3n) is 4.80. The topological polar surface area (TPSA) is 44.4 Å². The van der Waals surface area contributed by atoms with E-state index in [4.69, 9.17) is 0 Å². The van der Waals surface area contributed by atoms with Crippen LogP contribution in [-0.4, -0.2) is 49.6 Å². The van der Waals surface area contributed by atoms with E-state index in [0.717, 1.165) is 38.0 Å². The van der Waals surface area contributed by atoms with Gasteiger partial charge in [-0.2, -0.15) is 0 Å². The van der Waals surface area contributed by atoms with Gasteiger partial charge in [0.2, 0.25) is 5.91 Å². The summed E-state index contributed by atoms with van der Waals surface area (Å²) in [5.41, 5.74) is 0. The number of halogens is 1. The van der Waals surface area contributed by atoms with Gasteiger partial charge in [-0.1, -0.05) is 19.3 Å². The summed E-state index contributed by atoms with van der Waals surface area (Å²) in [4.78, 5) is 14.4. The van der Waals surface area contributed by atoms with E-state index in [2.05, 4.69) is 15.5 Å². The third-order valence-corrected chi connectivity index (χ3v) is 4.80. The molecule has 1 aliphatic carbocycles. The van der Waals surface area contributed by atoms with Crippen LogP contribution in [0.4, 0.5) is 0 Å². The fourth-order valence-corrected chi connectivity index (χ4v) is 3.80. The van der Waals surface area contributed by atoms with Crippen LogP contribution in [0.3, 0.4) is 0 Å². The maximum atomic E-state index is 12.0. The van der Waals surface area contributed by atoms with Gasteiger partial charge < -0.3 is 10.6 Å². The number of carbonyl (C=O) groups excluding carboxylic acids is 1. The molecule has 0 radical (unpaired) electrons. The SMILES string of the molecule is Cl.O=C(CN1C[C@H]2CNC[C@H]2C1)NC1CCCCC1. The first kappa shape index (κ1) is 15.1. The van der Waals surface area contributed by atoms with Gasteiger partial charge in [0.25, 0.3) is 0 Å². The molecule has 0 bridgehead atoms. The molecule has 3 rings (SSSR count). The van der Waals surface area contributed by atoms with Gasteiger partial charge in [0, 0.05) is 19.1 Å². The van der Waals surface area contributed by atoms with Crippen molar-refractivity contribution in [2.45, 2.75) is 38.1 Å². The molecule has 0 aromatic rings. The average molecular weight is 288 g/mol. The van der Waals surface area contributed by atoms with Gasteiger partial charge in [-0.15, -0.1) is 12.4 Å². The number of amides is 1. The molecule has 2 saturated heterocycles. The van der Waals surface area contributed by atoms with Gasteiger partial charge >= 0.3 is 0 Å². The van der Waals surface area contributed by atoms with Crippen LogP contribution in [0.1, 0.15) is 32.1 Å². The molecule has 0 aromatic carbocycles. The number of hydrogen-bond acceptors (Lipinski definition) is 3. The van der Waals surface area contributed by atoms with Gasteiger partial charge in [-0.25, -0.2) is 0 Å². The summed E-state index contributed by atoms with van der Waals surface area (Å²) >= 11 is 0. The molecule has 3 fully saturated rings. The van der Waals surface area contributed by atoms with E-state index in [1.165, 1.54) is 32.1 Å². The molecule has 110 valence electrons. The molecule has 1 saturated carbocycles. The molecular formula is C14H26ClN3O. The molecule has 2 N–H and O–H groups in total. The van der Waals surface area contributed by atoms with Crippen molar-refractivity contribution in [1.29, 1.82) is 0 Å². The summed E-state index contributed by atoms with van der Waals surface area (Å²) < 4.78 is 0. The molecule has 3 aliphatic rings. The van der Waals surface area contributed by atoms with Crippen molar-refractivity contribution in [3.8, 4) is 0 Å². The zero-order valence-corrected chi connectivity index (χ0v) is 12.4. The van der Waals surface area contributed by atoms with Crippen LogP contribution in [0.25, 0.3) is 0 Å². The molecule has 0 unspecified atom stereocenters. The molecule has 4 nitrogen and oxygen atoms in total. The Morgan fingerprint density at radius 2 is 1.74 bits per heavy atom. The molecule has 2 aliphatic heterocycles. The number of fused-ring (bicyclic) bond motifs is 1. The number of rotatable bonds is 3. The second kappa shape index (κ2) is 6.91. The number of hydrogen-bond donors (Lipinski definition) is 2. The zero-order chi connectivity index (χ0) is 12.4. The molecule has 1 amide bonds. The van der Waals surface area contributed by atoms with Crippen molar-refractivity contribution >= 4 is 18.3 Å². The molecule has 2 atom stereocenters. The molecule has 0 aromatic heterocycles. The summed E-state index contributed by atoms with van der Waals surface area (Å²) in [5, 5.41) is 6.65. The fourth-order valence-electron chi connectivity index (χ4n) is 3.80. The predicted molar refractivity (Wildman–Crippen MR) is 78.6 cm³/mol. The van der Waals surface area contributed by atoms with Crippen molar-refractivity contribution < 1.29 is 4.79 Å². The first-order valence-electron chi connectivity index (χ1n) is 7.53. The summed E-state index contributed by atoms with van der Waals surface area (Å²) in [6, 6.07) is 0.454. The Kier molecular flexibility index (Phi) is 5.48. The highest BCUT2D eigenvalue weighted by atomic mass is 35.5. The van der Waals surface area contributed by atoms with E-state index in [1.54, 1.807) is 0 Å². The average Bonchev–Trinajstić information content (AvgIpc) is 2.90. The second-order valence-corrected chi connectivity index (χ2v) is 6.27. The van der Waals surface area contributed by atoms with Gasteiger partial charge in [-0.05, 0) is 37.8 Å². The lowest BCUT2D eigenvalue weighted by Crippen LogP contribution is -2.42. The van der Waals surface area contributed by atoms with Crippen LogP contribution in [0.2, 0.25) is 0 Å². The van der Waals surface area contributed by atoms with Gasteiger partial charge in [0.1, 0.15) is 0 Å². The predicted octanol–water partition coefficient (Wildman–Crippen LogP) is 1.01. The van der Waals surface area contributed by atoms with Crippen LogP contribution in [0.5, 0.6) is 0 Å². The first-order chi connectivity index (χ1) is 8.81. The largest absolute Gasteiger partial charge is 0.352 e. The smallest absolute Gasteiger partial charge is 0.234 e. The highest BCUT2D eigenvalue weighted by molar-refractivity contribution is 5.85. The van der Waals surface area contributed by atoms with Gasteiger partial charge in [-0.3, -0.25) is 9.69 Å². The van der Waals surface area contributed by atoms with E-state index < -0.39 is 0 Å². The van der Waals surface area contributed by atoms with Crippen LogP contribution < -0.4 is 10.6 Å². The number of nitrogens with one attached hydrogen (secondary N) is 2. The Labute approximate surface area is 122 Å². The van der Waals surface area contributed by atoms with Crippen LogP contribution in [0, 0.1) is 11.8 Å². The maximum absolute atomic E-state index is 12.0. The summed E-state index contributed by atoms with van der Waals surface area (Å²) in [6.07, 6.45) is 6.27. The molecular weight excluding hydrogens is 262 g/mol. The number of nitrogens with zero attached hydrogens (tertiary/aromatic N) is 1. The first-order valence-corrected chi connectivity index (χ1v) is 7.53. The van der Waals surface area contributed by atoms with E-state index in [0.29, 0.717) is 12.6 Å². The quantitative estimate of drug-likeness (QED) is 0.814. The molecule has 5 heteroatoms. The normalized spacial score (nSPS) is 31.8. The number of likely N-dealkylation sites (tertiary alicyclic amines) is 1. The third kappa shape index (κ3) is 3.83. The minimum absolute atomic E-state index is 0. The van der Waals surface area contributed by atoms with Crippen LogP contribution in [-0.2, 0) is 4.79 Å². The van der Waals surface area contributed by atoms with Crippen molar-refractivity contribution in [2.24, 2.45) is 11.8 Å². The minimum Gasteiger partial charge on any atom is -0.352 e. The highest BCUT2D eigenvalue weighted by Gasteiger charge is 2.36. The van der Waals surface area contributed by atoms with E-state index >= 15 is 0 Å². The Hall–Kier alpha value is -0.320. The maximum Gasteiger partial charge on any atom is 0.234 e. The molecule has 19 heavy (non-hydrogen) atoms. The van der Waals surface area contributed by atoms with Crippen LogP contribution in [0.15, 0.2) is 0 Å². The van der Waals surface area contributed by atoms with Crippen LogP contribution >= 0.6 is 12.4 Å². The number of carbonyl (C=O) groups is 1. The second-order valence-electron chi connectivity index (χ2n) is 6.27. The van der Waals surface area contributed by atoms with E-state index in [9.17, 15) is 4.79 Å². The monoisotopic (exact) mass is 287 g/mol. The summed E-state index contributed by atoms with van der Waals surface area (Å²) in [6.45, 7) is 5.12. The van der Waals surface area contributed by atoms with E-state index in [1.807, 2.05) is 0 Å². The molecule has 0 spiro atoms. The Balaban J connectivity index is 0.00000133. The van der Waals surface area contributed by atoms with Crippen molar-refractivity contribution in [3.63, 3.8) is 0 Å². The lowest BCUT2D eigenvalue weighted by atomic mass is 9.95. The fraction of sp³-hybridized carbons (Fsp3) is 0.929. The van der Waals surface area contributed by atoms with Crippen molar-refractivity contribution in [2.75, 3.05) is 32.7 Å². The molecule has 2 heterocycles. The minimum atomic E-state index is 0. The van der Waals surface area contributed by atoms with Crippen molar-refractivity contribution in [1.82, 2.24) is 15.5 Å². The highest BCUT2D eigenvalue weighted by Crippen LogP contribution is 2.25. The van der Waals surface area contributed by atoms with E-state index in [-0.39, 0.29) is 18.3 Å². The lowest BCUT2D eigenvalue weighted by molar-refractivity contribution is -0.123. The standard InChI is InChI=1S/C14H25N3O.ClH/c18-14(16-13-4-2-1-3-5-13)10-17-8-11-6-15-7-12(11)9-17;/h11-13,15H,1-10H2,(H,16,18);1H/t11-,12+;. The Morgan fingerprint density at radius 3 is 2.37 bits per heavy atom. The van der Waals surface area contributed by atoms with Gasteiger partial charge in [0.05, 0.1) is 6.54 Å². The Morgan fingerprint density at radius 1 is 1.11 bits per heavy atom. The summed E-state index contributed by atoms with van der Waals surface area (Å²) in [5.74, 6) is 1.81. The Bertz CT molecular complexity index is 295. The zero-order valence-electron chi connectivity index (χ0n) is 11.6. The van der Waals surface area contributed by atoms with Crippen molar-refractivity contribution in [3.05, 3.63) is 0 Å². The summed E-state index contributed by atoms with van der Waals surface area (Å²) in [7, 11) is 0. The lowest BCUT2D eigenvalue weighted by Gasteiger charge is -2.24.